The van der Waals surface area contributed by atoms with E-state index in [1.165, 1.54) is 41.5 Å². The molecule has 6 unspecified atom stereocenters. The average Bonchev–Trinajstić information content (AvgIpc) is 2.77. The fraction of sp³-hybridized carbons (Fsp3) is 0.625. The van der Waals surface area contributed by atoms with E-state index in [2.05, 4.69) is 19.7 Å². The minimum absolute atomic E-state index is 0.0879. The molecule has 0 aliphatic carbocycles. The molecule has 0 fully saturated rings. The molecule has 0 aromatic carbocycles. The lowest BCUT2D eigenvalue weighted by atomic mass is 10.4. The Morgan fingerprint density at radius 1 is 0.583 bits per heavy atom. The van der Waals surface area contributed by atoms with Crippen LogP contribution in [-0.2, 0) is 57.0 Å². The Hall–Kier alpha value is -2.61. The van der Waals surface area contributed by atoms with Gasteiger partial charge < -0.3 is 28.4 Å². The molecule has 0 aromatic heterocycles. The molecule has 0 rings (SSSR count). The zero-order valence-electron chi connectivity index (χ0n) is 21.9. The summed E-state index contributed by atoms with van der Waals surface area (Å²) in [4.78, 5) is 34.2. The number of carbonyl (C=O) groups excluding carboxylic acids is 3. The average molecular weight is 519 g/mol. The van der Waals surface area contributed by atoms with Gasteiger partial charge in [0, 0.05) is 24.6 Å². The maximum absolute atomic E-state index is 11.4. The Morgan fingerprint density at radius 2 is 0.833 bits per heavy atom. The molecular weight excluding hydrogens is 480 g/mol. The molecule has 0 saturated heterocycles. The largest absolute Gasteiger partial charge is 0.433 e. The lowest BCUT2D eigenvalue weighted by Crippen LogP contribution is -2.48. The molecule has 0 aliphatic heterocycles. The normalized spacial score (nSPS) is 17.8. The third kappa shape index (κ3) is 14.1. The van der Waals surface area contributed by atoms with E-state index < -0.39 is 61.6 Å². The van der Waals surface area contributed by atoms with Gasteiger partial charge in [-0.25, -0.2) is 14.4 Å². The van der Waals surface area contributed by atoms with Gasteiger partial charge in [-0.15, -0.1) is 0 Å². The number of hydrogen-bond donors (Lipinski definition) is 0. The summed E-state index contributed by atoms with van der Waals surface area (Å²) in [5, 5.41) is 0. The molecule has 36 heavy (non-hydrogen) atoms. The van der Waals surface area contributed by atoms with Gasteiger partial charge >= 0.3 is 17.9 Å². The van der Waals surface area contributed by atoms with Gasteiger partial charge in [0.2, 0.25) is 18.9 Å². The Kier molecular flexibility index (Phi) is 15.7. The van der Waals surface area contributed by atoms with Crippen molar-refractivity contribution in [1.82, 2.24) is 0 Å². The Morgan fingerprint density at radius 3 is 1.03 bits per heavy atom. The van der Waals surface area contributed by atoms with Crippen LogP contribution < -0.4 is 0 Å². The third-order valence-corrected chi connectivity index (χ3v) is 3.97. The zero-order valence-corrected chi connectivity index (χ0v) is 21.9. The van der Waals surface area contributed by atoms with E-state index >= 15 is 0 Å². The van der Waals surface area contributed by atoms with E-state index in [1.54, 1.807) is 6.92 Å². The summed E-state index contributed by atoms with van der Waals surface area (Å²) in [6, 6.07) is 0. The lowest BCUT2D eigenvalue weighted by molar-refractivity contribution is -0.479. The highest BCUT2D eigenvalue weighted by molar-refractivity contribution is 5.81. The van der Waals surface area contributed by atoms with Crippen LogP contribution in [0.3, 0.4) is 0 Å². The van der Waals surface area contributed by atoms with Gasteiger partial charge in [-0.1, -0.05) is 26.7 Å². The summed E-state index contributed by atoms with van der Waals surface area (Å²) in [7, 11) is 0. The molecule has 0 N–H and O–H groups in total. The number of esters is 3. The molecule has 12 nitrogen and oxygen atoms in total. The van der Waals surface area contributed by atoms with Crippen molar-refractivity contribution in [1.29, 1.82) is 0 Å². The van der Waals surface area contributed by atoms with Gasteiger partial charge in [-0.2, -0.15) is 0 Å². The quantitative estimate of drug-likeness (QED) is 0.107. The topological polar surface area (TPSA) is 134 Å². The first-order valence-electron chi connectivity index (χ1n) is 11.3. The van der Waals surface area contributed by atoms with Crippen LogP contribution in [0, 0.1) is 0 Å². The summed E-state index contributed by atoms with van der Waals surface area (Å²) < 4.78 is 49.2. The molecular formula is C24H38O12. The van der Waals surface area contributed by atoms with Crippen molar-refractivity contribution in [2.24, 2.45) is 0 Å². The van der Waals surface area contributed by atoms with Crippen molar-refractivity contribution >= 4 is 17.9 Å². The Bertz CT molecular complexity index is 644. The molecule has 12 heteroatoms. The Labute approximate surface area is 212 Å². The van der Waals surface area contributed by atoms with Crippen LogP contribution in [0.1, 0.15) is 54.9 Å². The van der Waals surface area contributed by atoms with Crippen molar-refractivity contribution in [2.75, 3.05) is 0 Å². The van der Waals surface area contributed by atoms with E-state index in [0.717, 1.165) is 18.2 Å². The lowest BCUT2D eigenvalue weighted by Gasteiger charge is -2.38. The van der Waals surface area contributed by atoms with Crippen LogP contribution >= 0.6 is 0 Å². The standard InChI is InChI=1S/C24H38O12/c1-11-21(25)31-15(5)28-18(8)34-24(14-4,35-19(9)29-16(6)32-22(26)12-2)36-20(10)30-17(7)33-23(27)13-3/h11-13,15-20H,1-3,14H2,4-10H3. The van der Waals surface area contributed by atoms with Crippen molar-refractivity contribution in [2.45, 2.75) is 98.6 Å². The minimum Gasteiger partial charge on any atom is -0.433 e. The zero-order chi connectivity index (χ0) is 27.9. The van der Waals surface area contributed by atoms with Gasteiger partial charge in [0.1, 0.15) is 0 Å². The summed E-state index contributed by atoms with van der Waals surface area (Å²) in [6.07, 6.45) is -2.97. The highest BCUT2D eigenvalue weighted by Gasteiger charge is 2.40. The van der Waals surface area contributed by atoms with Gasteiger partial charge in [0.05, 0.1) is 0 Å². The smallest absolute Gasteiger partial charge is 0.332 e. The molecule has 0 aliphatic rings. The molecule has 206 valence electrons. The molecule has 0 saturated carbocycles. The summed E-state index contributed by atoms with van der Waals surface area (Å²) in [5.74, 6) is -3.87. The van der Waals surface area contributed by atoms with Crippen LogP contribution in [0.4, 0.5) is 0 Å². The van der Waals surface area contributed by atoms with Crippen molar-refractivity contribution in [3.63, 3.8) is 0 Å². The first kappa shape index (κ1) is 33.4. The second-order valence-corrected chi connectivity index (χ2v) is 7.13. The highest BCUT2D eigenvalue weighted by Crippen LogP contribution is 2.28. The van der Waals surface area contributed by atoms with Gasteiger partial charge in [0.15, 0.2) is 18.9 Å². The van der Waals surface area contributed by atoms with Crippen LogP contribution in [0.2, 0.25) is 0 Å². The van der Waals surface area contributed by atoms with E-state index in [9.17, 15) is 14.4 Å². The number of rotatable bonds is 19. The van der Waals surface area contributed by atoms with Crippen LogP contribution in [0.15, 0.2) is 38.0 Å². The van der Waals surface area contributed by atoms with Gasteiger partial charge in [0.25, 0.3) is 5.97 Å². The predicted molar refractivity (Wildman–Crippen MR) is 125 cm³/mol. The first-order valence-corrected chi connectivity index (χ1v) is 11.3. The van der Waals surface area contributed by atoms with E-state index in [1.807, 2.05) is 0 Å². The molecule has 0 bridgehead atoms. The maximum atomic E-state index is 11.4. The summed E-state index contributed by atoms with van der Waals surface area (Å²) >= 11 is 0. The van der Waals surface area contributed by atoms with Gasteiger partial charge in [-0.3, -0.25) is 14.2 Å². The number of carbonyl (C=O) groups is 3. The van der Waals surface area contributed by atoms with E-state index in [4.69, 9.17) is 42.6 Å². The Balaban J connectivity index is 5.53. The second-order valence-electron chi connectivity index (χ2n) is 7.13. The molecule has 0 amide bonds. The molecule has 0 aromatic rings. The fourth-order valence-electron chi connectivity index (χ4n) is 2.70. The summed E-state index contributed by atoms with van der Waals surface area (Å²) in [5.41, 5.74) is 0. The van der Waals surface area contributed by atoms with Crippen molar-refractivity contribution in [3.05, 3.63) is 38.0 Å². The fourth-order valence-corrected chi connectivity index (χ4v) is 2.70. The minimum atomic E-state index is -1.83. The number of ether oxygens (including phenoxy) is 9. The molecule has 0 spiro atoms. The van der Waals surface area contributed by atoms with Gasteiger partial charge in [-0.05, 0) is 41.5 Å². The molecule has 0 radical (unpaired) electrons. The van der Waals surface area contributed by atoms with Crippen LogP contribution in [-0.4, -0.2) is 61.6 Å². The molecule has 6 atom stereocenters. The van der Waals surface area contributed by atoms with Crippen LogP contribution in [0.5, 0.6) is 0 Å². The number of hydrogen-bond acceptors (Lipinski definition) is 12. The van der Waals surface area contributed by atoms with Crippen LogP contribution in [0.25, 0.3) is 0 Å². The highest BCUT2D eigenvalue weighted by atomic mass is 17.0. The SMILES string of the molecule is C=CC(=O)OC(C)OC(C)OC(CC)(OC(C)OC(C)OC(=O)C=C)OC(C)OC(C)OC(=O)C=C. The van der Waals surface area contributed by atoms with Crippen molar-refractivity contribution in [3.8, 4) is 0 Å². The molecule has 0 heterocycles. The monoisotopic (exact) mass is 518 g/mol. The van der Waals surface area contributed by atoms with Crippen molar-refractivity contribution < 1.29 is 57.0 Å². The summed E-state index contributed by atoms with van der Waals surface area (Å²) in [6.45, 7) is 20.7. The predicted octanol–water partition coefficient (Wildman–Crippen LogP) is 3.41. The third-order valence-electron chi connectivity index (χ3n) is 3.97. The van der Waals surface area contributed by atoms with E-state index in [-0.39, 0.29) is 6.42 Å². The first-order chi connectivity index (χ1) is 16.8. The maximum Gasteiger partial charge on any atom is 0.332 e. The van der Waals surface area contributed by atoms with E-state index in [0.29, 0.717) is 0 Å². The second kappa shape index (κ2) is 17.0.